The highest BCUT2D eigenvalue weighted by Crippen LogP contribution is 2.37. The van der Waals surface area contributed by atoms with Crippen LogP contribution in [0.2, 0.25) is 10.0 Å². The van der Waals surface area contributed by atoms with Crippen LogP contribution in [0.5, 0.6) is 0 Å². The number of hydrogen-bond acceptors (Lipinski definition) is 5. The highest BCUT2D eigenvalue weighted by molar-refractivity contribution is 7.91. The first-order chi connectivity index (χ1) is 14.3. The summed E-state index contributed by atoms with van der Waals surface area (Å²) in [7, 11) is -3.69. The standard InChI is InChI=1S/C22H20Cl2N2O3S/c23-18-8-4-16(5-9-18)21(17-6-10-19(24)11-7-17)26-13-22(27,14-26)15-30(28,29)20-3-1-2-12-25-20/h1-12,21,27H,13-15H2. The largest absolute Gasteiger partial charge is 0.386 e. The van der Waals surface area contributed by atoms with E-state index in [9.17, 15) is 13.5 Å². The SMILES string of the molecule is O=S(=O)(CC1(O)CN(C(c2ccc(Cl)cc2)c2ccc(Cl)cc2)C1)c1ccccn1. The van der Waals surface area contributed by atoms with Gasteiger partial charge in [0.15, 0.2) is 14.9 Å². The van der Waals surface area contributed by atoms with Crippen LogP contribution in [0.3, 0.4) is 0 Å². The molecule has 0 spiro atoms. The maximum atomic E-state index is 12.7. The monoisotopic (exact) mass is 462 g/mol. The molecule has 0 saturated carbocycles. The molecule has 0 atom stereocenters. The second-order valence-corrected chi connectivity index (χ2v) is 10.4. The first-order valence-electron chi connectivity index (χ1n) is 9.37. The fraction of sp³-hybridized carbons (Fsp3) is 0.227. The molecule has 4 rings (SSSR count). The smallest absolute Gasteiger partial charge is 0.198 e. The summed E-state index contributed by atoms with van der Waals surface area (Å²) in [6.07, 6.45) is 1.43. The second kappa shape index (κ2) is 8.29. The Labute approximate surface area is 185 Å². The van der Waals surface area contributed by atoms with Crippen molar-refractivity contribution < 1.29 is 13.5 Å². The summed E-state index contributed by atoms with van der Waals surface area (Å²) in [4.78, 5) is 5.96. The lowest BCUT2D eigenvalue weighted by molar-refractivity contribution is -0.0937. The molecule has 8 heteroatoms. The molecular weight excluding hydrogens is 443 g/mol. The number of nitrogens with zero attached hydrogens (tertiary/aromatic N) is 2. The van der Waals surface area contributed by atoms with E-state index in [1.165, 1.54) is 12.3 Å². The van der Waals surface area contributed by atoms with E-state index in [-0.39, 0.29) is 29.9 Å². The van der Waals surface area contributed by atoms with E-state index in [1.54, 1.807) is 12.1 Å². The van der Waals surface area contributed by atoms with Crippen molar-refractivity contribution in [1.82, 2.24) is 9.88 Å². The molecule has 1 N–H and O–H groups in total. The van der Waals surface area contributed by atoms with Crippen LogP contribution in [-0.2, 0) is 9.84 Å². The van der Waals surface area contributed by atoms with Crippen molar-refractivity contribution in [3.05, 3.63) is 94.1 Å². The molecule has 0 bridgehead atoms. The highest BCUT2D eigenvalue weighted by Gasteiger charge is 2.48. The first kappa shape index (κ1) is 21.3. The number of likely N-dealkylation sites (tertiary alicyclic amines) is 1. The zero-order valence-electron chi connectivity index (χ0n) is 15.9. The van der Waals surface area contributed by atoms with Crippen molar-refractivity contribution in [2.45, 2.75) is 16.7 Å². The average Bonchev–Trinajstić information content (AvgIpc) is 2.70. The van der Waals surface area contributed by atoms with Gasteiger partial charge in [-0.15, -0.1) is 0 Å². The van der Waals surface area contributed by atoms with Crippen molar-refractivity contribution in [2.75, 3.05) is 18.8 Å². The first-order valence-corrected chi connectivity index (χ1v) is 11.8. The summed E-state index contributed by atoms with van der Waals surface area (Å²) in [5, 5.41) is 12.2. The summed E-state index contributed by atoms with van der Waals surface area (Å²) < 4.78 is 25.3. The number of aromatic nitrogens is 1. The summed E-state index contributed by atoms with van der Waals surface area (Å²) in [6.45, 7) is 0.434. The fourth-order valence-corrected chi connectivity index (χ4v) is 5.64. The van der Waals surface area contributed by atoms with E-state index in [4.69, 9.17) is 23.2 Å². The lowest BCUT2D eigenvalue weighted by atomic mass is 9.88. The van der Waals surface area contributed by atoms with Crippen LogP contribution in [0.4, 0.5) is 0 Å². The number of sulfone groups is 1. The number of rotatable bonds is 6. The van der Waals surface area contributed by atoms with E-state index in [1.807, 2.05) is 53.4 Å². The summed E-state index contributed by atoms with van der Waals surface area (Å²) in [5.74, 6) is -0.374. The number of benzene rings is 2. The van der Waals surface area contributed by atoms with Gasteiger partial charge in [-0.3, -0.25) is 4.90 Å². The molecule has 1 fully saturated rings. The summed E-state index contributed by atoms with van der Waals surface area (Å²) >= 11 is 12.1. The van der Waals surface area contributed by atoms with E-state index in [0.717, 1.165) is 11.1 Å². The fourth-order valence-electron chi connectivity index (χ4n) is 3.85. The van der Waals surface area contributed by atoms with Gasteiger partial charge in [0.25, 0.3) is 0 Å². The third-order valence-electron chi connectivity index (χ3n) is 5.15. The van der Waals surface area contributed by atoms with Gasteiger partial charge in [0.1, 0.15) is 5.60 Å². The van der Waals surface area contributed by atoms with Crippen molar-refractivity contribution in [1.29, 1.82) is 0 Å². The molecule has 2 aromatic carbocycles. The van der Waals surface area contributed by atoms with Crippen molar-refractivity contribution in [3.8, 4) is 0 Å². The van der Waals surface area contributed by atoms with Crippen molar-refractivity contribution >= 4 is 33.0 Å². The second-order valence-electron chi connectivity index (χ2n) is 7.56. The molecule has 2 heterocycles. The van der Waals surface area contributed by atoms with Gasteiger partial charge in [0.2, 0.25) is 0 Å². The molecule has 1 aromatic heterocycles. The molecule has 0 unspecified atom stereocenters. The van der Waals surface area contributed by atoms with E-state index < -0.39 is 15.4 Å². The Morgan fingerprint density at radius 1 is 0.933 bits per heavy atom. The minimum atomic E-state index is -3.69. The molecule has 3 aromatic rings. The molecule has 1 saturated heterocycles. The Morgan fingerprint density at radius 3 is 1.93 bits per heavy atom. The zero-order chi connectivity index (χ0) is 21.4. The minimum Gasteiger partial charge on any atom is -0.386 e. The average molecular weight is 463 g/mol. The molecule has 0 radical (unpaired) electrons. The molecule has 0 amide bonds. The van der Waals surface area contributed by atoms with Crippen LogP contribution < -0.4 is 0 Å². The summed E-state index contributed by atoms with van der Waals surface area (Å²) in [5.41, 5.74) is 0.653. The molecule has 1 aliphatic rings. The predicted octanol–water partition coefficient (Wildman–Crippen LogP) is 4.00. The molecule has 30 heavy (non-hydrogen) atoms. The van der Waals surface area contributed by atoms with Crippen LogP contribution in [0, 0.1) is 0 Å². The minimum absolute atomic E-state index is 0.0242. The van der Waals surface area contributed by atoms with Gasteiger partial charge in [-0.2, -0.15) is 0 Å². The summed E-state index contributed by atoms with van der Waals surface area (Å²) in [6, 6.07) is 19.6. The van der Waals surface area contributed by atoms with Gasteiger partial charge >= 0.3 is 0 Å². The van der Waals surface area contributed by atoms with Crippen molar-refractivity contribution in [3.63, 3.8) is 0 Å². The Hall–Kier alpha value is -1.96. The molecule has 1 aliphatic heterocycles. The van der Waals surface area contributed by atoms with Gasteiger partial charge in [-0.05, 0) is 47.5 Å². The van der Waals surface area contributed by atoms with Crippen molar-refractivity contribution in [2.24, 2.45) is 0 Å². The van der Waals surface area contributed by atoms with Crippen LogP contribution in [0.1, 0.15) is 17.2 Å². The number of hydrogen-bond donors (Lipinski definition) is 1. The van der Waals surface area contributed by atoms with Crippen LogP contribution in [0.15, 0.2) is 78.0 Å². The normalized spacial score (nSPS) is 16.4. The number of aliphatic hydroxyl groups is 1. The molecule has 0 aliphatic carbocycles. The van der Waals surface area contributed by atoms with Gasteiger partial charge in [-0.25, -0.2) is 13.4 Å². The maximum Gasteiger partial charge on any atom is 0.198 e. The third kappa shape index (κ3) is 4.53. The lowest BCUT2D eigenvalue weighted by Crippen LogP contribution is -2.65. The predicted molar refractivity (Wildman–Crippen MR) is 118 cm³/mol. The van der Waals surface area contributed by atoms with Crippen LogP contribution in [-0.4, -0.2) is 47.9 Å². The number of halogens is 2. The Morgan fingerprint density at radius 2 is 1.47 bits per heavy atom. The quantitative estimate of drug-likeness (QED) is 0.599. The highest BCUT2D eigenvalue weighted by atomic mass is 35.5. The maximum absolute atomic E-state index is 12.7. The Kier molecular flexibility index (Phi) is 5.88. The molecule has 156 valence electrons. The van der Waals surface area contributed by atoms with Crippen LogP contribution in [0.25, 0.3) is 0 Å². The molecular formula is C22H20Cl2N2O3S. The number of β-amino-alcohol motifs (C(OH)–C–C–N with tert-alkyl or cyclic N) is 1. The van der Waals surface area contributed by atoms with E-state index >= 15 is 0 Å². The van der Waals surface area contributed by atoms with E-state index in [0.29, 0.717) is 10.0 Å². The van der Waals surface area contributed by atoms with Gasteiger partial charge in [0.05, 0.1) is 11.8 Å². The van der Waals surface area contributed by atoms with Gasteiger partial charge < -0.3 is 5.11 Å². The van der Waals surface area contributed by atoms with E-state index in [2.05, 4.69) is 4.98 Å². The lowest BCUT2D eigenvalue weighted by Gasteiger charge is -2.50. The topological polar surface area (TPSA) is 70.5 Å². The zero-order valence-corrected chi connectivity index (χ0v) is 18.3. The Bertz CT molecular complexity index is 1070. The van der Waals surface area contributed by atoms with Crippen LogP contribution >= 0.6 is 23.2 Å². The Balaban J connectivity index is 1.57. The number of pyridine rings is 1. The molecule has 5 nitrogen and oxygen atoms in total. The van der Waals surface area contributed by atoms with Gasteiger partial charge in [-0.1, -0.05) is 53.5 Å². The van der Waals surface area contributed by atoms with Gasteiger partial charge in [0, 0.05) is 29.3 Å². The third-order valence-corrected chi connectivity index (χ3v) is 7.45.